The number of likely N-dealkylation sites (tertiary alicyclic amines) is 1. The Kier molecular flexibility index (Phi) is 6.23. The van der Waals surface area contributed by atoms with Gasteiger partial charge in [0.25, 0.3) is 0 Å². The standard InChI is InChI=1S/C20H21F4N3O6S/c1-18(2,3)32-17(29)26-7-4-19(5-8-26)15-13(21)10-12(33-34(30,31)20(22,23)24)11-14(15)27(9-6-25)16(19)28/h10-11H,4-5,7-9H2,1-3H3. The Hall–Kier alpha value is -3.08. The highest BCUT2D eigenvalue weighted by atomic mass is 32.2. The van der Waals surface area contributed by atoms with Gasteiger partial charge in [0.15, 0.2) is 0 Å². The number of rotatable bonds is 3. The molecule has 0 aromatic heterocycles. The second kappa shape index (κ2) is 8.30. The van der Waals surface area contributed by atoms with Gasteiger partial charge >= 0.3 is 21.7 Å². The molecule has 186 valence electrons. The molecule has 1 aromatic carbocycles. The van der Waals surface area contributed by atoms with Crippen molar-refractivity contribution in [3.8, 4) is 11.8 Å². The van der Waals surface area contributed by atoms with E-state index in [0.717, 1.165) is 11.0 Å². The van der Waals surface area contributed by atoms with Crippen LogP contribution in [0.25, 0.3) is 0 Å². The second-order valence-corrected chi connectivity index (χ2v) is 10.4. The first-order valence-corrected chi connectivity index (χ1v) is 11.4. The van der Waals surface area contributed by atoms with Crippen molar-refractivity contribution in [1.29, 1.82) is 5.26 Å². The molecule has 0 bridgehead atoms. The molecular formula is C20H21F4N3O6S. The Morgan fingerprint density at radius 1 is 1.21 bits per heavy atom. The van der Waals surface area contributed by atoms with E-state index < -0.39 is 56.8 Å². The largest absolute Gasteiger partial charge is 0.534 e. The number of ether oxygens (including phenoxy) is 1. The van der Waals surface area contributed by atoms with Crippen molar-refractivity contribution in [2.45, 2.75) is 50.1 Å². The molecule has 9 nitrogen and oxygen atoms in total. The number of nitriles is 1. The van der Waals surface area contributed by atoms with Gasteiger partial charge in [0.05, 0.1) is 17.2 Å². The van der Waals surface area contributed by atoms with Crippen LogP contribution in [0.15, 0.2) is 12.1 Å². The summed E-state index contributed by atoms with van der Waals surface area (Å²) in [4.78, 5) is 27.9. The summed E-state index contributed by atoms with van der Waals surface area (Å²) in [6.07, 6.45) is -0.709. The zero-order valence-corrected chi connectivity index (χ0v) is 19.2. The molecule has 1 aromatic rings. The molecule has 0 saturated carbocycles. The Bertz CT molecular complexity index is 1160. The van der Waals surface area contributed by atoms with E-state index in [1.807, 2.05) is 0 Å². The first-order valence-electron chi connectivity index (χ1n) is 10.0. The molecule has 0 aliphatic carbocycles. The van der Waals surface area contributed by atoms with Crippen molar-refractivity contribution < 1.29 is 44.5 Å². The van der Waals surface area contributed by atoms with Crippen LogP contribution in [0.3, 0.4) is 0 Å². The summed E-state index contributed by atoms with van der Waals surface area (Å²) in [6, 6.07) is 2.96. The number of carbonyl (C=O) groups excluding carboxylic acids is 2. The predicted octanol–water partition coefficient (Wildman–Crippen LogP) is 3.19. The van der Waals surface area contributed by atoms with E-state index >= 15 is 4.39 Å². The number of hydrogen-bond donors (Lipinski definition) is 0. The summed E-state index contributed by atoms with van der Waals surface area (Å²) < 4.78 is 85.3. The van der Waals surface area contributed by atoms with E-state index in [4.69, 9.17) is 10.00 Å². The molecule has 34 heavy (non-hydrogen) atoms. The minimum absolute atomic E-state index is 0.0145. The number of piperidine rings is 1. The van der Waals surface area contributed by atoms with E-state index in [1.165, 1.54) is 4.90 Å². The van der Waals surface area contributed by atoms with Crippen molar-refractivity contribution in [2.75, 3.05) is 24.5 Å². The van der Waals surface area contributed by atoms with Gasteiger partial charge in [0.2, 0.25) is 5.91 Å². The highest BCUT2D eigenvalue weighted by molar-refractivity contribution is 7.88. The highest BCUT2D eigenvalue weighted by Crippen LogP contribution is 2.50. The van der Waals surface area contributed by atoms with Crippen LogP contribution in [-0.4, -0.2) is 56.1 Å². The zero-order valence-electron chi connectivity index (χ0n) is 18.4. The molecule has 2 heterocycles. The number of carbonyl (C=O) groups is 2. The summed E-state index contributed by atoms with van der Waals surface area (Å²) in [5, 5.41) is 9.13. The Morgan fingerprint density at radius 3 is 2.29 bits per heavy atom. The fraction of sp³-hybridized carbons (Fsp3) is 0.550. The number of nitrogens with zero attached hydrogens (tertiary/aromatic N) is 3. The third-order valence-corrected chi connectivity index (χ3v) is 6.43. The van der Waals surface area contributed by atoms with E-state index in [9.17, 15) is 31.2 Å². The minimum Gasteiger partial charge on any atom is -0.444 e. The number of hydrogen-bond acceptors (Lipinski definition) is 7. The monoisotopic (exact) mass is 507 g/mol. The average molecular weight is 507 g/mol. The molecule has 1 spiro atoms. The summed E-state index contributed by atoms with van der Waals surface area (Å²) in [6.45, 7) is 4.52. The molecule has 2 aliphatic heterocycles. The molecule has 0 unspecified atom stereocenters. The number of anilines is 1. The van der Waals surface area contributed by atoms with Crippen LogP contribution in [0.2, 0.25) is 0 Å². The van der Waals surface area contributed by atoms with Crippen LogP contribution in [-0.2, 0) is 25.1 Å². The van der Waals surface area contributed by atoms with Crippen molar-refractivity contribution in [1.82, 2.24) is 4.90 Å². The molecule has 0 atom stereocenters. The Balaban J connectivity index is 1.98. The van der Waals surface area contributed by atoms with Gasteiger partial charge in [0.1, 0.15) is 23.7 Å². The van der Waals surface area contributed by atoms with Crippen LogP contribution < -0.4 is 9.08 Å². The van der Waals surface area contributed by atoms with Crippen LogP contribution in [0, 0.1) is 17.1 Å². The van der Waals surface area contributed by atoms with Crippen LogP contribution in [0.1, 0.15) is 39.2 Å². The third kappa shape index (κ3) is 4.48. The van der Waals surface area contributed by atoms with Crippen LogP contribution in [0.5, 0.6) is 5.75 Å². The van der Waals surface area contributed by atoms with E-state index in [1.54, 1.807) is 26.8 Å². The fourth-order valence-electron chi connectivity index (χ4n) is 4.04. The summed E-state index contributed by atoms with van der Waals surface area (Å²) in [5.41, 5.74) is -8.44. The van der Waals surface area contributed by atoms with Gasteiger partial charge in [-0.1, -0.05) is 0 Å². The van der Waals surface area contributed by atoms with Crippen molar-refractivity contribution in [3.63, 3.8) is 0 Å². The molecule has 0 N–H and O–H groups in total. The maximum atomic E-state index is 15.2. The lowest BCUT2D eigenvalue weighted by Gasteiger charge is -2.38. The van der Waals surface area contributed by atoms with Gasteiger partial charge in [-0.05, 0) is 33.6 Å². The third-order valence-electron chi connectivity index (χ3n) is 5.45. The Morgan fingerprint density at radius 2 is 1.79 bits per heavy atom. The van der Waals surface area contributed by atoms with Crippen LogP contribution in [0.4, 0.5) is 28.0 Å². The Labute approximate surface area is 192 Å². The minimum atomic E-state index is -6.09. The summed E-state index contributed by atoms with van der Waals surface area (Å²) in [5.74, 6) is -2.83. The first kappa shape index (κ1) is 25.5. The van der Waals surface area contributed by atoms with E-state index in [0.29, 0.717) is 6.07 Å². The first-order chi connectivity index (χ1) is 15.5. The van der Waals surface area contributed by atoms with Crippen molar-refractivity contribution in [3.05, 3.63) is 23.5 Å². The SMILES string of the molecule is CC(C)(C)OC(=O)N1CCC2(CC1)C(=O)N(CC#N)c1cc(OS(=O)(=O)C(F)(F)F)cc(F)c12. The maximum absolute atomic E-state index is 15.2. The molecule has 2 amide bonds. The lowest BCUT2D eigenvalue weighted by Crippen LogP contribution is -2.51. The smallest absolute Gasteiger partial charge is 0.444 e. The van der Waals surface area contributed by atoms with Gasteiger partial charge in [-0.3, -0.25) is 9.69 Å². The lowest BCUT2D eigenvalue weighted by molar-refractivity contribution is -0.124. The van der Waals surface area contributed by atoms with Gasteiger partial charge in [-0.25, -0.2) is 9.18 Å². The number of alkyl halides is 3. The molecule has 0 radical (unpaired) electrons. The number of amides is 2. The molecular weight excluding hydrogens is 486 g/mol. The van der Waals surface area contributed by atoms with Gasteiger partial charge in [-0.15, -0.1) is 0 Å². The van der Waals surface area contributed by atoms with Gasteiger partial charge in [-0.2, -0.15) is 26.9 Å². The van der Waals surface area contributed by atoms with Crippen LogP contribution >= 0.6 is 0 Å². The number of fused-ring (bicyclic) bond motifs is 2. The molecule has 3 rings (SSSR count). The second-order valence-electron chi connectivity index (χ2n) is 8.88. The summed E-state index contributed by atoms with van der Waals surface area (Å²) >= 11 is 0. The van der Waals surface area contributed by atoms with Crippen molar-refractivity contribution in [2.24, 2.45) is 0 Å². The molecule has 2 aliphatic rings. The van der Waals surface area contributed by atoms with Crippen molar-refractivity contribution >= 4 is 27.8 Å². The van der Waals surface area contributed by atoms with E-state index in [-0.39, 0.29) is 37.2 Å². The highest BCUT2D eigenvalue weighted by Gasteiger charge is 2.55. The average Bonchev–Trinajstić information content (AvgIpc) is 2.89. The van der Waals surface area contributed by atoms with Gasteiger partial charge in [0, 0.05) is 30.8 Å². The zero-order chi connectivity index (χ0) is 25.7. The van der Waals surface area contributed by atoms with E-state index in [2.05, 4.69) is 4.18 Å². The number of halogens is 4. The molecule has 14 heteroatoms. The maximum Gasteiger partial charge on any atom is 0.534 e. The predicted molar refractivity (Wildman–Crippen MR) is 109 cm³/mol. The number of benzene rings is 1. The van der Waals surface area contributed by atoms with Gasteiger partial charge < -0.3 is 13.8 Å². The normalized spacial score (nSPS) is 18.0. The molecule has 1 saturated heterocycles. The quantitative estimate of drug-likeness (QED) is 0.267. The summed E-state index contributed by atoms with van der Waals surface area (Å²) in [7, 11) is -6.09. The lowest BCUT2D eigenvalue weighted by atomic mass is 9.73. The fourth-order valence-corrected chi connectivity index (χ4v) is 4.48. The topological polar surface area (TPSA) is 117 Å². The molecule has 1 fully saturated rings.